The minimum Gasteiger partial charge on any atom is -0.464 e. The molecule has 1 amide bonds. The van der Waals surface area contributed by atoms with E-state index in [0.29, 0.717) is 22.9 Å². The molecule has 212 valence electrons. The number of esters is 1. The molecule has 1 atom stereocenters. The number of anilines is 2. The molecule has 0 spiro atoms. The Hall–Kier alpha value is -4.44. The zero-order valence-corrected chi connectivity index (χ0v) is 23.0. The van der Waals surface area contributed by atoms with Crippen molar-refractivity contribution in [3.8, 4) is 0 Å². The first-order valence-corrected chi connectivity index (χ1v) is 13.2. The van der Waals surface area contributed by atoms with Gasteiger partial charge in [-0.15, -0.1) is 0 Å². The summed E-state index contributed by atoms with van der Waals surface area (Å²) in [6.45, 7) is 7.21. The van der Waals surface area contributed by atoms with Crippen LogP contribution in [0, 0.1) is 0 Å². The Morgan fingerprint density at radius 3 is 2.45 bits per heavy atom. The topological polar surface area (TPSA) is 141 Å². The fourth-order valence-electron chi connectivity index (χ4n) is 4.14. The smallest absolute Gasteiger partial charge is 0.349 e. The van der Waals surface area contributed by atoms with Gasteiger partial charge >= 0.3 is 11.6 Å². The number of benzene rings is 2. The highest BCUT2D eigenvalue weighted by Crippen LogP contribution is 2.23. The average molecular weight is 550 g/mol. The van der Waals surface area contributed by atoms with Gasteiger partial charge in [-0.2, -0.15) is 0 Å². The molecule has 3 aromatic rings. The van der Waals surface area contributed by atoms with Gasteiger partial charge in [0, 0.05) is 48.9 Å². The van der Waals surface area contributed by atoms with E-state index >= 15 is 0 Å². The predicted molar refractivity (Wildman–Crippen MR) is 154 cm³/mol. The number of nitrogens with zero attached hydrogens (tertiary/aromatic N) is 1. The first-order valence-electron chi connectivity index (χ1n) is 13.2. The number of nitrogens with two attached hydrogens (primary N) is 1. The number of carbonyl (C=O) groups excluding carboxylic acids is 3. The summed E-state index contributed by atoms with van der Waals surface area (Å²) in [5, 5.41) is 3.22. The lowest BCUT2D eigenvalue weighted by molar-refractivity contribution is -0.166. The Morgan fingerprint density at radius 2 is 1.80 bits per heavy atom. The predicted octanol–water partition coefficient (Wildman–Crippen LogP) is 3.57. The zero-order chi connectivity index (χ0) is 29.1. The van der Waals surface area contributed by atoms with Gasteiger partial charge < -0.3 is 34.6 Å². The number of hydrogen-bond acceptors (Lipinski definition) is 9. The summed E-state index contributed by atoms with van der Waals surface area (Å²) in [7, 11) is 0. The van der Waals surface area contributed by atoms with Crippen molar-refractivity contribution in [2.24, 2.45) is 0 Å². The molecule has 3 N–H and O–H groups in total. The summed E-state index contributed by atoms with van der Waals surface area (Å²) in [5.41, 5.74) is 5.72. The lowest BCUT2D eigenvalue weighted by Gasteiger charge is -2.27. The van der Waals surface area contributed by atoms with Crippen molar-refractivity contribution in [1.82, 2.24) is 5.32 Å². The van der Waals surface area contributed by atoms with Crippen LogP contribution in [0.1, 0.15) is 43.1 Å². The second-order valence-corrected chi connectivity index (χ2v) is 8.93. The minimum absolute atomic E-state index is 0.0487. The van der Waals surface area contributed by atoms with Crippen LogP contribution < -0.4 is 21.6 Å². The van der Waals surface area contributed by atoms with Gasteiger partial charge in [0.25, 0.3) is 5.91 Å². The van der Waals surface area contributed by atoms with Crippen LogP contribution in [-0.2, 0) is 19.1 Å². The largest absolute Gasteiger partial charge is 0.464 e. The van der Waals surface area contributed by atoms with E-state index < -0.39 is 23.1 Å². The highest BCUT2D eigenvalue weighted by atomic mass is 16.6. The van der Waals surface area contributed by atoms with E-state index in [9.17, 15) is 19.2 Å². The van der Waals surface area contributed by atoms with Crippen LogP contribution in [0.4, 0.5) is 11.4 Å². The second-order valence-electron chi connectivity index (χ2n) is 8.93. The van der Waals surface area contributed by atoms with Gasteiger partial charge in [0.1, 0.15) is 17.4 Å². The van der Waals surface area contributed by atoms with Crippen LogP contribution in [-0.4, -0.2) is 56.6 Å². The number of nitrogen functional groups attached to an aromatic ring is 1. The van der Waals surface area contributed by atoms with Crippen LogP contribution in [0.2, 0.25) is 0 Å². The van der Waals surface area contributed by atoms with Gasteiger partial charge in [-0.1, -0.05) is 18.2 Å². The van der Waals surface area contributed by atoms with Gasteiger partial charge in [0.15, 0.2) is 5.60 Å². The molecule has 1 unspecified atom stereocenters. The molecule has 0 bridgehead atoms. The number of nitrogens with one attached hydrogen (secondary N) is 1. The zero-order valence-electron chi connectivity index (χ0n) is 23.0. The maximum Gasteiger partial charge on any atom is 0.349 e. The summed E-state index contributed by atoms with van der Waals surface area (Å²) in [6, 6.07) is 13.9. The summed E-state index contributed by atoms with van der Waals surface area (Å²) in [4.78, 5) is 51.8. The van der Waals surface area contributed by atoms with Gasteiger partial charge in [-0.3, -0.25) is 4.79 Å². The number of rotatable bonds is 14. The normalized spacial score (nSPS) is 12.7. The minimum atomic E-state index is -1.70. The summed E-state index contributed by atoms with van der Waals surface area (Å²) in [5.74, 6) is -1.39. The van der Waals surface area contributed by atoms with E-state index in [4.69, 9.17) is 19.6 Å². The molecule has 2 aromatic carbocycles. The van der Waals surface area contributed by atoms with E-state index in [1.54, 1.807) is 49.4 Å². The molecule has 40 heavy (non-hydrogen) atoms. The van der Waals surface area contributed by atoms with Crippen molar-refractivity contribution < 1.29 is 28.3 Å². The Balaban J connectivity index is 1.73. The number of fused-ring (bicyclic) bond motifs is 1. The Kier molecular flexibility index (Phi) is 10.6. The molecule has 10 nitrogen and oxygen atoms in total. The monoisotopic (exact) mass is 549 g/mol. The highest BCUT2D eigenvalue weighted by molar-refractivity contribution is 5.97. The third-order valence-electron chi connectivity index (χ3n) is 6.33. The quantitative estimate of drug-likeness (QED) is 0.101. The molecular weight excluding hydrogens is 514 g/mol. The van der Waals surface area contributed by atoms with E-state index in [1.165, 1.54) is 12.1 Å². The maximum atomic E-state index is 12.8. The standard InChI is InChI=1S/C30H35N3O7/c1-4-33(5-2)24-12-9-22-19-25(28(36)40-26(22)20-24)27(35)32-16-18-39-30(15-17-34,29(37)38-6-3)14-13-21-7-10-23(31)11-8-21/h7-14,17,19-20H,4-6,15-16,18,31H2,1-3H3,(H,32,35)/b14-13+. The fourth-order valence-corrected chi connectivity index (χ4v) is 4.14. The van der Waals surface area contributed by atoms with Crippen molar-refractivity contribution in [1.29, 1.82) is 0 Å². The number of hydrogen-bond donors (Lipinski definition) is 2. The molecule has 1 heterocycles. The first kappa shape index (κ1) is 30.1. The van der Waals surface area contributed by atoms with E-state index in [0.717, 1.165) is 24.3 Å². The fraction of sp³-hybridized carbons (Fsp3) is 0.333. The lowest BCUT2D eigenvalue weighted by atomic mass is 9.98. The van der Waals surface area contributed by atoms with Crippen molar-refractivity contribution in [2.75, 3.05) is 43.5 Å². The summed E-state index contributed by atoms with van der Waals surface area (Å²) >= 11 is 0. The van der Waals surface area contributed by atoms with Gasteiger partial charge in [-0.05, 0) is 62.7 Å². The Morgan fingerprint density at radius 1 is 1.07 bits per heavy atom. The molecule has 0 fully saturated rings. The first-order chi connectivity index (χ1) is 19.3. The van der Waals surface area contributed by atoms with Crippen LogP contribution in [0.5, 0.6) is 0 Å². The Bertz CT molecular complexity index is 1410. The maximum absolute atomic E-state index is 12.8. The average Bonchev–Trinajstić information content (AvgIpc) is 2.95. The summed E-state index contributed by atoms with van der Waals surface area (Å²) < 4.78 is 16.4. The number of aldehydes is 1. The lowest BCUT2D eigenvalue weighted by Crippen LogP contribution is -2.43. The van der Waals surface area contributed by atoms with E-state index in [1.807, 2.05) is 19.9 Å². The number of amides is 1. The van der Waals surface area contributed by atoms with Crippen LogP contribution >= 0.6 is 0 Å². The van der Waals surface area contributed by atoms with Gasteiger partial charge in [-0.25, -0.2) is 9.59 Å². The molecule has 0 saturated heterocycles. The molecule has 1 aromatic heterocycles. The van der Waals surface area contributed by atoms with Crippen molar-refractivity contribution in [2.45, 2.75) is 32.8 Å². The van der Waals surface area contributed by atoms with Crippen molar-refractivity contribution in [3.63, 3.8) is 0 Å². The van der Waals surface area contributed by atoms with Gasteiger partial charge in [0.2, 0.25) is 0 Å². The molecule has 0 aliphatic carbocycles. The molecule has 3 rings (SSSR count). The van der Waals surface area contributed by atoms with Crippen molar-refractivity contribution in [3.05, 3.63) is 76.2 Å². The third-order valence-corrected chi connectivity index (χ3v) is 6.33. The third kappa shape index (κ3) is 7.35. The molecular formula is C30H35N3O7. The van der Waals surface area contributed by atoms with Crippen LogP contribution in [0.3, 0.4) is 0 Å². The van der Waals surface area contributed by atoms with Crippen LogP contribution in [0.15, 0.2) is 63.8 Å². The number of carbonyl (C=O) groups is 3. The summed E-state index contributed by atoms with van der Waals surface area (Å²) in [6.07, 6.45) is 3.35. The molecule has 0 saturated carbocycles. The van der Waals surface area contributed by atoms with Gasteiger partial charge in [0.05, 0.1) is 13.2 Å². The van der Waals surface area contributed by atoms with E-state index in [-0.39, 0.29) is 31.7 Å². The van der Waals surface area contributed by atoms with Crippen LogP contribution in [0.25, 0.3) is 17.0 Å². The molecule has 0 aliphatic heterocycles. The molecule has 0 radical (unpaired) electrons. The SMILES string of the molecule is CCOC(=O)C(/C=C/c1ccc(N)cc1)(CC=O)OCCNC(=O)c1cc2ccc(N(CC)CC)cc2oc1=O. The molecule has 10 heteroatoms. The highest BCUT2D eigenvalue weighted by Gasteiger charge is 2.38. The molecule has 0 aliphatic rings. The second kappa shape index (κ2) is 14.1. The Labute approximate surface area is 232 Å². The van der Waals surface area contributed by atoms with E-state index in [2.05, 4.69) is 10.2 Å². The van der Waals surface area contributed by atoms with Crippen molar-refractivity contribution >= 4 is 46.6 Å². The number of ether oxygens (including phenoxy) is 2.